The Morgan fingerprint density at radius 2 is 1.50 bits per heavy atom. The van der Waals surface area contributed by atoms with Gasteiger partial charge in [-0.25, -0.2) is 0 Å². The summed E-state index contributed by atoms with van der Waals surface area (Å²) in [5.41, 5.74) is 4.86. The van der Waals surface area contributed by atoms with E-state index < -0.39 is 11.8 Å². The van der Waals surface area contributed by atoms with Crippen molar-refractivity contribution < 1.29 is 9.59 Å². The summed E-state index contributed by atoms with van der Waals surface area (Å²) in [6.07, 6.45) is 0. The van der Waals surface area contributed by atoms with E-state index in [0.29, 0.717) is 19.0 Å². The molecule has 0 rings (SSSR count). The van der Waals surface area contributed by atoms with Gasteiger partial charge in [-0.3, -0.25) is 9.59 Å². The topological polar surface area (TPSA) is 63.4 Å². The van der Waals surface area contributed by atoms with Crippen LogP contribution in [0.3, 0.4) is 0 Å². The molecule has 0 radical (unpaired) electrons. The maximum atomic E-state index is 11.1. The van der Waals surface area contributed by atoms with E-state index >= 15 is 0 Å². The number of primary amides is 1. The van der Waals surface area contributed by atoms with Crippen molar-refractivity contribution in [1.29, 1.82) is 0 Å². The molecule has 16 heavy (non-hydrogen) atoms. The first-order valence-electron chi connectivity index (χ1n) is 5.81. The Morgan fingerprint density at radius 1 is 1.12 bits per heavy atom. The molecule has 2 amide bonds. The molecule has 4 nitrogen and oxygen atoms in total. The third-order valence-electron chi connectivity index (χ3n) is 1.47. The molecule has 0 spiro atoms. The molecule has 2 N–H and O–H groups in total. The molecule has 0 atom stereocenters. The monoisotopic (exact) mass is 230 g/mol. The summed E-state index contributed by atoms with van der Waals surface area (Å²) < 4.78 is 0. The Bertz CT molecular complexity index is 210. The second-order valence-electron chi connectivity index (χ2n) is 4.83. The molecule has 0 saturated heterocycles. The van der Waals surface area contributed by atoms with Crippen LogP contribution in [-0.2, 0) is 9.59 Å². The van der Waals surface area contributed by atoms with Crippen LogP contribution in [0.15, 0.2) is 0 Å². The summed E-state index contributed by atoms with van der Waals surface area (Å²) in [6.45, 7) is 13.4. The van der Waals surface area contributed by atoms with E-state index in [0.717, 1.165) is 5.92 Å². The van der Waals surface area contributed by atoms with Crippen LogP contribution in [0, 0.1) is 11.8 Å². The number of likely N-dealkylation sites (N-methyl/N-ethyl adjacent to an activating group) is 1. The Labute approximate surface area is 99.2 Å². The number of hydrogen-bond donors (Lipinski definition) is 1. The molecule has 0 bridgehead atoms. The third kappa shape index (κ3) is 11.0. The Hall–Kier alpha value is -1.06. The van der Waals surface area contributed by atoms with Gasteiger partial charge in [0.05, 0.1) is 0 Å². The SMILES string of the molecule is CC(C)C.CCN(CC(C)C)C(=O)C(N)=O. The second kappa shape index (κ2) is 9.19. The van der Waals surface area contributed by atoms with Crippen LogP contribution in [0.25, 0.3) is 0 Å². The van der Waals surface area contributed by atoms with E-state index in [1.54, 1.807) is 0 Å². The van der Waals surface area contributed by atoms with Crippen molar-refractivity contribution in [2.45, 2.75) is 41.5 Å². The first kappa shape index (κ1) is 17.3. The van der Waals surface area contributed by atoms with E-state index in [1.165, 1.54) is 4.90 Å². The van der Waals surface area contributed by atoms with Crippen LogP contribution >= 0.6 is 0 Å². The molecule has 4 heteroatoms. The maximum absolute atomic E-state index is 11.1. The quantitative estimate of drug-likeness (QED) is 0.749. The molecule has 0 aromatic rings. The first-order valence-corrected chi connectivity index (χ1v) is 5.81. The second-order valence-corrected chi connectivity index (χ2v) is 4.83. The highest BCUT2D eigenvalue weighted by Gasteiger charge is 2.17. The minimum absolute atomic E-state index is 0.355. The van der Waals surface area contributed by atoms with Gasteiger partial charge in [0.2, 0.25) is 0 Å². The predicted molar refractivity (Wildman–Crippen MR) is 66.8 cm³/mol. The lowest BCUT2D eigenvalue weighted by Crippen LogP contribution is -2.41. The number of hydrogen-bond acceptors (Lipinski definition) is 2. The summed E-state index contributed by atoms with van der Waals surface area (Å²) >= 11 is 0. The molecule has 0 saturated carbocycles. The van der Waals surface area contributed by atoms with Gasteiger partial charge in [0.25, 0.3) is 0 Å². The lowest BCUT2D eigenvalue weighted by molar-refractivity contribution is -0.144. The first-order chi connectivity index (χ1) is 7.22. The zero-order valence-corrected chi connectivity index (χ0v) is 11.4. The van der Waals surface area contributed by atoms with E-state index in [2.05, 4.69) is 20.8 Å². The van der Waals surface area contributed by atoms with Gasteiger partial charge in [0.15, 0.2) is 0 Å². The standard InChI is InChI=1S/C8H16N2O2.C4H10/c1-4-10(5-6(2)3)8(12)7(9)11;1-4(2)3/h6H,4-5H2,1-3H3,(H2,9,11);4H,1-3H3. The van der Waals surface area contributed by atoms with Crippen molar-refractivity contribution in [2.75, 3.05) is 13.1 Å². The number of carbonyl (C=O) groups is 2. The summed E-state index contributed by atoms with van der Waals surface area (Å²) in [7, 11) is 0. The summed E-state index contributed by atoms with van der Waals surface area (Å²) in [5.74, 6) is -0.281. The van der Waals surface area contributed by atoms with Crippen molar-refractivity contribution in [3.05, 3.63) is 0 Å². The van der Waals surface area contributed by atoms with Gasteiger partial charge in [0.1, 0.15) is 0 Å². The van der Waals surface area contributed by atoms with Crippen molar-refractivity contribution in [3.63, 3.8) is 0 Å². The highest BCUT2D eigenvalue weighted by atomic mass is 16.2. The molecule has 0 unspecified atom stereocenters. The predicted octanol–water partition coefficient (Wildman–Crippen LogP) is 1.64. The normalized spacial score (nSPS) is 9.75. The highest BCUT2D eigenvalue weighted by Crippen LogP contribution is 1.98. The van der Waals surface area contributed by atoms with E-state index in [9.17, 15) is 9.59 Å². The van der Waals surface area contributed by atoms with Crippen LogP contribution in [0.4, 0.5) is 0 Å². The van der Waals surface area contributed by atoms with E-state index in [1.807, 2.05) is 20.8 Å². The van der Waals surface area contributed by atoms with Gasteiger partial charge in [-0.2, -0.15) is 0 Å². The number of carbonyl (C=O) groups excluding carboxylic acids is 2. The molecule has 0 heterocycles. The number of nitrogens with zero attached hydrogens (tertiary/aromatic N) is 1. The molecule has 0 aliphatic rings. The van der Waals surface area contributed by atoms with Crippen LogP contribution < -0.4 is 5.73 Å². The van der Waals surface area contributed by atoms with Gasteiger partial charge in [-0.05, 0) is 18.8 Å². The minimum Gasteiger partial charge on any atom is -0.361 e. The van der Waals surface area contributed by atoms with E-state index in [-0.39, 0.29) is 0 Å². The zero-order valence-electron chi connectivity index (χ0n) is 11.4. The number of nitrogens with two attached hydrogens (primary N) is 1. The Morgan fingerprint density at radius 3 is 1.69 bits per heavy atom. The molecule has 96 valence electrons. The van der Waals surface area contributed by atoms with Crippen LogP contribution in [0.2, 0.25) is 0 Å². The van der Waals surface area contributed by atoms with Crippen molar-refractivity contribution in [2.24, 2.45) is 17.6 Å². The van der Waals surface area contributed by atoms with Gasteiger partial charge in [0, 0.05) is 13.1 Å². The van der Waals surface area contributed by atoms with Crippen molar-refractivity contribution in [3.8, 4) is 0 Å². The number of amides is 2. The third-order valence-corrected chi connectivity index (χ3v) is 1.47. The smallest absolute Gasteiger partial charge is 0.311 e. The van der Waals surface area contributed by atoms with Gasteiger partial charge < -0.3 is 10.6 Å². The molecule has 0 fully saturated rings. The molecule has 0 aromatic carbocycles. The van der Waals surface area contributed by atoms with E-state index in [4.69, 9.17) is 5.73 Å². The summed E-state index contributed by atoms with van der Waals surface area (Å²) in [6, 6.07) is 0. The summed E-state index contributed by atoms with van der Waals surface area (Å²) in [4.78, 5) is 23.0. The maximum Gasteiger partial charge on any atom is 0.311 e. The Kier molecular flexibility index (Phi) is 9.96. The molecular weight excluding hydrogens is 204 g/mol. The lowest BCUT2D eigenvalue weighted by Gasteiger charge is -2.20. The fourth-order valence-electron chi connectivity index (χ4n) is 0.952. The average molecular weight is 230 g/mol. The van der Waals surface area contributed by atoms with Gasteiger partial charge >= 0.3 is 11.8 Å². The fourth-order valence-corrected chi connectivity index (χ4v) is 0.952. The molecule has 0 aliphatic heterocycles. The van der Waals surface area contributed by atoms with Crippen molar-refractivity contribution >= 4 is 11.8 Å². The van der Waals surface area contributed by atoms with Crippen LogP contribution in [0.5, 0.6) is 0 Å². The zero-order chi connectivity index (χ0) is 13.3. The largest absolute Gasteiger partial charge is 0.361 e. The highest BCUT2D eigenvalue weighted by molar-refractivity contribution is 6.34. The molecule has 0 aliphatic carbocycles. The number of rotatable bonds is 3. The van der Waals surface area contributed by atoms with Gasteiger partial charge in [-0.1, -0.05) is 34.6 Å². The van der Waals surface area contributed by atoms with Crippen molar-refractivity contribution in [1.82, 2.24) is 4.90 Å². The van der Waals surface area contributed by atoms with Crippen LogP contribution in [0.1, 0.15) is 41.5 Å². The fraction of sp³-hybridized carbons (Fsp3) is 0.833. The average Bonchev–Trinajstić information content (AvgIpc) is 2.11. The molecule has 0 aromatic heterocycles. The summed E-state index contributed by atoms with van der Waals surface area (Å²) in [5, 5.41) is 0. The van der Waals surface area contributed by atoms with Gasteiger partial charge in [-0.15, -0.1) is 0 Å². The Balaban J connectivity index is 0. The van der Waals surface area contributed by atoms with Crippen LogP contribution in [-0.4, -0.2) is 29.8 Å². The lowest BCUT2D eigenvalue weighted by atomic mass is 10.2. The molecular formula is C12H26N2O2. The minimum atomic E-state index is -0.877.